The summed E-state index contributed by atoms with van der Waals surface area (Å²) in [5.41, 5.74) is 11.6. The molecule has 4 nitrogen and oxygen atoms in total. The lowest BCUT2D eigenvalue weighted by Crippen LogP contribution is -2.20. The van der Waals surface area contributed by atoms with E-state index in [-0.39, 0.29) is 0 Å². The van der Waals surface area contributed by atoms with Gasteiger partial charge in [0.15, 0.2) is 0 Å². The van der Waals surface area contributed by atoms with Crippen molar-refractivity contribution in [2.24, 2.45) is 23.2 Å². The molecule has 0 bridgehead atoms. The summed E-state index contributed by atoms with van der Waals surface area (Å²) in [5, 5.41) is 0. The Morgan fingerprint density at radius 2 is 1.33 bits per heavy atom. The van der Waals surface area contributed by atoms with Crippen molar-refractivity contribution in [3.63, 3.8) is 0 Å². The molecule has 0 amide bonds. The molecular formula is C11H30N4. The summed E-state index contributed by atoms with van der Waals surface area (Å²) in [6.07, 6.45) is 8.51. The Labute approximate surface area is 94.7 Å². The van der Waals surface area contributed by atoms with E-state index in [4.69, 9.17) is 11.5 Å². The van der Waals surface area contributed by atoms with E-state index in [1.807, 2.05) is 0 Å². The van der Waals surface area contributed by atoms with Crippen LogP contribution in [-0.4, -0.2) is 12.1 Å². The predicted molar refractivity (Wildman–Crippen MR) is 68.0 cm³/mol. The minimum absolute atomic E-state index is 0.354. The number of unbranched alkanes of at least 4 members (excludes halogenated alkanes) is 2. The van der Waals surface area contributed by atoms with Crippen LogP contribution in [0.25, 0.3) is 0 Å². The second-order valence-corrected chi connectivity index (χ2v) is 4.16. The van der Waals surface area contributed by atoms with Gasteiger partial charge in [-0.05, 0) is 26.2 Å². The first-order chi connectivity index (χ1) is 7.16. The van der Waals surface area contributed by atoms with E-state index in [9.17, 15) is 0 Å². The SMILES string of the molecule is CCCCC(N)CCCCC(C)N.NN. The molecule has 0 saturated heterocycles. The third-order valence-corrected chi connectivity index (χ3v) is 2.41. The van der Waals surface area contributed by atoms with E-state index in [1.165, 1.54) is 38.5 Å². The van der Waals surface area contributed by atoms with E-state index in [0.717, 1.165) is 6.42 Å². The maximum absolute atomic E-state index is 5.95. The van der Waals surface area contributed by atoms with Crippen molar-refractivity contribution in [3.8, 4) is 0 Å². The van der Waals surface area contributed by atoms with Gasteiger partial charge in [-0.3, -0.25) is 11.7 Å². The highest BCUT2D eigenvalue weighted by atomic mass is 15.0. The van der Waals surface area contributed by atoms with Gasteiger partial charge in [0.1, 0.15) is 0 Å². The third-order valence-electron chi connectivity index (χ3n) is 2.41. The number of nitrogens with two attached hydrogens (primary N) is 4. The number of hydrazine groups is 1. The summed E-state index contributed by atoms with van der Waals surface area (Å²) in [5.74, 6) is 8.00. The molecule has 0 aromatic rings. The first-order valence-electron chi connectivity index (χ1n) is 6.01. The molecule has 0 aromatic carbocycles. The summed E-state index contributed by atoms with van der Waals surface area (Å²) in [6.45, 7) is 4.28. The lowest BCUT2D eigenvalue weighted by Gasteiger charge is -2.10. The van der Waals surface area contributed by atoms with Crippen LogP contribution in [0.2, 0.25) is 0 Å². The molecule has 0 aromatic heterocycles. The second kappa shape index (κ2) is 13.8. The first kappa shape index (κ1) is 17.2. The van der Waals surface area contributed by atoms with Crippen LogP contribution < -0.4 is 23.2 Å². The fourth-order valence-electron chi connectivity index (χ4n) is 1.48. The van der Waals surface area contributed by atoms with Crippen molar-refractivity contribution in [3.05, 3.63) is 0 Å². The number of rotatable bonds is 8. The van der Waals surface area contributed by atoms with Crippen LogP contribution in [0, 0.1) is 0 Å². The molecule has 8 N–H and O–H groups in total. The van der Waals surface area contributed by atoms with Crippen molar-refractivity contribution in [2.75, 3.05) is 0 Å². The van der Waals surface area contributed by atoms with Gasteiger partial charge in [0.2, 0.25) is 0 Å². The highest BCUT2D eigenvalue weighted by molar-refractivity contribution is 4.62. The highest BCUT2D eigenvalue weighted by Gasteiger charge is 2.01. The summed E-state index contributed by atoms with van der Waals surface area (Å²) in [6, 6.07) is 0.778. The third kappa shape index (κ3) is 16.5. The Morgan fingerprint density at radius 3 is 1.80 bits per heavy atom. The van der Waals surface area contributed by atoms with Crippen molar-refractivity contribution in [1.29, 1.82) is 0 Å². The van der Waals surface area contributed by atoms with Gasteiger partial charge >= 0.3 is 0 Å². The average molecular weight is 218 g/mol. The Balaban J connectivity index is 0. The summed E-state index contributed by atoms with van der Waals surface area (Å²) >= 11 is 0. The molecule has 0 spiro atoms. The van der Waals surface area contributed by atoms with Gasteiger partial charge in [0.05, 0.1) is 0 Å². The maximum Gasteiger partial charge on any atom is 0.00388 e. The van der Waals surface area contributed by atoms with Crippen LogP contribution in [0.1, 0.15) is 58.8 Å². The van der Waals surface area contributed by atoms with Crippen LogP contribution in [0.5, 0.6) is 0 Å². The van der Waals surface area contributed by atoms with Gasteiger partial charge in [-0.2, -0.15) is 0 Å². The summed E-state index contributed by atoms with van der Waals surface area (Å²) in [7, 11) is 0. The fourth-order valence-corrected chi connectivity index (χ4v) is 1.48. The van der Waals surface area contributed by atoms with Crippen molar-refractivity contribution < 1.29 is 0 Å². The zero-order chi connectivity index (χ0) is 12.1. The summed E-state index contributed by atoms with van der Waals surface area (Å²) < 4.78 is 0. The quantitative estimate of drug-likeness (QED) is 0.279. The van der Waals surface area contributed by atoms with Crippen LogP contribution in [0.3, 0.4) is 0 Å². The Morgan fingerprint density at radius 1 is 0.867 bits per heavy atom. The minimum atomic E-state index is 0.354. The normalized spacial score (nSPS) is 14.0. The zero-order valence-electron chi connectivity index (χ0n) is 10.4. The molecule has 94 valence electrons. The van der Waals surface area contributed by atoms with E-state index in [2.05, 4.69) is 25.5 Å². The monoisotopic (exact) mass is 218 g/mol. The Hall–Kier alpha value is -0.160. The van der Waals surface area contributed by atoms with Crippen LogP contribution in [0.15, 0.2) is 0 Å². The van der Waals surface area contributed by atoms with Crippen LogP contribution >= 0.6 is 0 Å². The predicted octanol–water partition coefficient (Wildman–Crippen LogP) is 1.23. The molecule has 4 heteroatoms. The molecule has 2 unspecified atom stereocenters. The first-order valence-corrected chi connectivity index (χ1v) is 6.01. The minimum Gasteiger partial charge on any atom is -0.328 e. The zero-order valence-corrected chi connectivity index (χ0v) is 10.4. The molecule has 0 radical (unpaired) electrons. The topological polar surface area (TPSA) is 104 Å². The molecule has 0 fully saturated rings. The Kier molecular flexibility index (Phi) is 15.9. The number of hydrogen-bond donors (Lipinski definition) is 4. The molecule has 2 atom stereocenters. The van der Waals surface area contributed by atoms with Gasteiger partial charge < -0.3 is 11.5 Å². The molecule has 0 aliphatic carbocycles. The largest absolute Gasteiger partial charge is 0.328 e. The molecule has 0 saturated carbocycles. The van der Waals surface area contributed by atoms with Crippen molar-refractivity contribution in [2.45, 2.75) is 70.9 Å². The van der Waals surface area contributed by atoms with E-state index in [0.29, 0.717) is 12.1 Å². The van der Waals surface area contributed by atoms with Crippen LogP contribution in [-0.2, 0) is 0 Å². The maximum atomic E-state index is 5.95. The Bertz CT molecular complexity index is 107. The van der Waals surface area contributed by atoms with Gasteiger partial charge in [-0.15, -0.1) is 0 Å². The van der Waals surface area contributed by atoms with Crippen molar-refractivity contribution >= 4 is 0 Å². The van der Waals surface area contributed by atoms with Gasteiger partial charge in [0.25, 0.3) is 0 Å². The molecule has 0 rings (SSSR count). The molecule has 15 heavy (non-hydrogen) atoms. The smallest absolute Gasteiger partial charge is 0.00388 e. The van der Waals surface area contributed by atoms with Gasteiger partial charge in [-0.1, -0.05) is 32.6 Å². The van der Waals surface area contributed by atoms with E-state index < -0.39 is 0 Å². The summed E-state index contributed by atoms with van der Waals surface area (Å²) in [4.78, 5) is 0. The van der Waals surface area contributed by atoms with Gasteiger partial charge in [0, 0.05) is 12.1 Å². The standard InChI is InChI=1S/C11H26N2.H4N2/c1-3-4-8-11(13)9-6-5-7-10(2)12;1-2/h10-11H,3-9,12-13H2,1-2H3;1-2H2. The second-order valence-electron chi connectivity index (χ2n) is 4.16. The number of hydrogen-bond acceptors (Lipinski definition) is 4. The lowest BCUT2D eigenvalue weighted by molar-refractivity contribution is 0.494. The highest BCUT2D eigenvalue weighted by Crippen LogP contribution is 2.08. The molecule has 0 heterocycles. The average Bonchev–Trinajstić information content (AvgIpc) is 2.24. The van der Waals surface area contributed by atoms with Gasteiger partial charge in [-0.25, -0.2) is 0 Å². The van der Waals surface area contributed by atoms with Crippen molar-refractivity contribution in [1.82, 2.24) is 0 Å². The van der Waals surface area contributed by atoms with E-state index in [1.54, 1.807) is 0 Å². The lowest BCUT2D eigenvalue weighted by atomic mass is 10.0. The van der Waals surface area contributed by atoms with Crippen LogP contribution in [0.4, 0.5) is 0 Å². The fraction of sp³-hybridized carbons (Fsp3) is 1.00. The molecule has 0 aliphatic rings. The molecule has 0 aliphatic heterocycles. The molecular weight excluding hydrogens is 188 g/mol. The van der Waals surface area contributed by atoms with E-state index >= 15 is 0 Å².